The largest absolute Gasteiger partial charge is 0.378 e. The van der Waals surface area contributed by atoms with Crippen molar-refractivity contribution < 1.29 is 9.13 Å². The van der Waals surface area contributed by atoms with Gasteiger partial charge in [-0.1, -0.05) is 11.6 Å². The van der Waals surface area contributed by atoms with Crippen molar-refractivity contribution >= 4 is 34.1 Å². The quantitative estimate of drug-likeness (QED) is 0.607. The van der Waals surface area contributed by atoms with E-state index >= 15 is 4.39 Å². The van der Waals surface area contributed by atoms with E-state index in [-0.39, 0.29) is 5.92 Å². The van der Waals surface area contributed by atoms with E-state index in [2.05, 4.69) is 31.4 Å². The molecule has 8 nitrogen and oxygen atoms in total. The van der Waals surface area contributed by atoms with Crippen molar-refractivity contribution in [2.75, 3.05) is 31.6 Å². The summed E-state index contributed by atoms with van der Waals surface area (Å²) < 4.78 is 22.3. The maximum absolute atomic E-state index is 15.2. The van der Waals surface area contributed by atoms with Gasteiger partial charge in [0.1, 0.15) is 6.17 Å². The summed E-state index contributed by atoms with van der Waals surface area (Å²) in [5, 5.41) is 18.5. The third-order valence-corrected chi connectivity index (χ3v) is 7.23. The first kappa shape index (κ1) is 20.8. The SMILES string of the molecule is N#Cc1cc2cnc(Nc3cnn(C4CC4)c3Cl)nc2cc1[C@H]1CCN(C2COC2)C[C@@H]1F. The summed E-state index contributed by atoms with van der Waals surface area (Å²) in [6.07, 6.45) is 5.12. The Hall–Kier alpha value is -2.80. The second-order valence-corrected chi connectivity index (χ2v) is 9.41. The molecule has 1 aromatic carbocycles. The molecule has 1 N–H and O–H groups in total. The lowest BCUT2D eigenvalue weighted by Gasteiger charge is -2.43. The van der Waals surface area contributed by atoms with Crippen molar-refractivity contribution in [3.63, 3.8) is 0 Å². The first-order valence-corrected chi connectivity index (χ1v) is 11.6. The number of piperidine rings is 1. The van der Waals surface area contributed by atoms with E-state index < -0.39 is 6.17 Å². The van der Waals surface area contributed by atoms with Crippen molar-refractivity contribution in [2.45, 2.75) is 43.4 Å². The number of alkyl halides is 1. The van der Waals surface area contributed by atoms with E-state index in [0.717, 1.165) is 24.8 Å². The van der Waals surface area contributed by atoms with Crippen molar-refractivity contribution in [3.8, 4) is 6.07 Å². The highest BCUT2D eigenvalue weighted by atomic mass is 35.5. The van der Waals surface area contributed by atoms with Crippen LogP contribution >= 0.6 is 11.6 Å². The van der Waals surface area contributed by atoms with Crippen molar-refractivity contribution in [2.24, 2.45) is 0 Å². The number of fused-ring (bicyclic) bond motifs is 1. The molecule has 0 radical (unpaired) electrons. The van der Waals surface area contributed by atoms with Gasteiger partial charge in [0, 0.05) is 24.0 Å². The normalized spacial score (nSPS) is 23.9. The maximum Gasteiger partial charge on any atom is 0.227 e. The lowest BCUT2D eigenvalue weighted by Crippen LogP contribution is -2.54. The first-order valence-electron chi connectivity index (χ1n) is 11.3. The second-order valence-electron chi connectivity index (χ2n) is 9.05. The van der Waals surface area contributed by atoms with Gasteiger partial charge in [-0.3, -0.25) is 4.90 Å². The van der Waals surface area contributed by atoms with Crippen LogP contribution in [0.2, 0.25) is 5.15 Å². The van der Waals surface area contributed by atoms with Crippen LogP contribution in [0.3, 0.4) is 0 Å². The number of hydrogen-bond acceptors (Lipinski definition) is 7. The topological polar surface area (TPSA) is 91.9 Å². The molecule has 0 bridgehead atoms. The highest BCUT2D eigenvalue weighted by Gasteiger charge is 2.37. The van der Waals surface area contributed by atoms with Crippen LogP contribution in [-0.4, -0.2) is 63.2 Å². The molecule has 3 fully saturated rings. The number of likely N-dealkylation sites (tertiary alicyclic amines) is 1. The standard InChI is InChI=1S/C23H23ClFN7O/c24-22-21(9-28-32(22)15-1-2-15)30-23-27-8-14-5-13(7-26)18(6-20(14)29-23)17-3-4-31(10-19(17)25)16-11-33-12-16/h5-6,8-9,15-17,19H,1-4,10-12H2,(H,27,29,30)/t17-,19+/m1/s1. The summed E-state index contributed by atoms with van der Waals surface area (Å²) in [6, 6.07) is 6.52. The number of ether oxygens (including phenoxy) is 1. The molecule has 0 unspecified atom stereocenters. The third kappa shape index (κ3) is 3.82. The average molecular weight is 468 g/mol. The van der Waals surface area contributed by atoms with E-state index in [1.165, 1.54) is 0 Å². The number of nitrogens with zero attached hydrogens (tertiary/aromatic N) is 6. The van der Waals surface area contributed by atoms with E-state index in [1.807, 2.05) is 10.7 Å². The van der Waals surface area contributed by atoms with Gasteiger partial charge in [0.25, 0.3) is 0 Å². The number of hydrogen-bond donors (Lipinski definition) is 1. The van der Waals surface area contributed by atoms with Crippen LogP contribution in [-0.2, 0) is 4.74 Å². The minimum atomic E-state index is -1.05. The van der Waals surface area contributed by atoms with E-state index in [1.54, 1.807) is 18.5 Å². The molecular weight excluding hydrogens is 445 g/mol. The van der Waals surface area contributed by atoms with Gasteiger partial charge in [0.05, 0.1) is 54.3 Å². The minimum Gasteiger partial charge on any atom is -0.378 e. The van der Waals surface area contributed by atoms with Crippen molar-refractivity contribution in [1.82, 2.24) is 24.6 Å². The lowest BCUT2D eigenvalue weighted by molar-refractivity contribution is -0.0807. The van der Waals surface area contributed by atoms with Crippen molar-refractivity contribution in [1.29, 1.82) is 5.26 Å². The van der Waals surface area contributed by atoms with Crippen LogP contribution < -0.4 is 5.32 Å². The minimum absolute atomic E-state index is 0.314. The molecule has 10 heteroatoms. The number of aromatic nitrogens is 4. The Balaban J connectivity index is 1.28. The number of nitriles is 1. The highest BCUT2D eigenvalue weighted by molar-refractivity contribution is 6.32. The summed E-state index contributed by atoms with van der Waals surface area (Å²) in [7, 11) is 0. The van der Waals surface area contributed by atoms with Crippen LogP contribution in [0.15, 0.2) is 24.5 Å². The van der Waals surface area contributed by atoms with E-state index in [0.29, 0.717) is 71.7 Å². The van der Waals surface area contributed by atoms with Gasteiger partial charge in [0.15, 0.2) is 5.15 Å². The zero-order valence-electron chi connectivity index (χ0n) is 17.9. The molecule has 6 rings (SSSR count). The summed E-state index contributed by atoms with van der Waals surface area (Å²) in [5.41, 5.74) is 2.50. The Labute approximate surface area is 195 Å². The Morgan fingerprint density at radius 1 is 1.18 bits per heavy atom. The maximum atomic E-state index is 15.2. The van der Waals surface area contributed by atoms with Gasteiger partial charge in [-0.25, -0.2) is 19.0 Å². The zero-order valence-corrected chi connectivity index (χ0v) is 18.7. The molecule has 2 aromatic heterocycles. The monoisotopic (exact) mass is 467 g/mol. The van der Waals surface area contributed by atoms with E-state index in [9.17, 15) is 5.26 Å². The molecule has 170 valence electrons. The van der Waals surface area contributed by atoms with Crippen LogP contribution in [0.1, 0.15) is 42.3 Å². The Kier molecular flexibility index (Phi) is 5.17. The highest BCUT2D eigenvalue weighted by Crippen LogP contribution is 2.39. The summed E-state index contributed by atoms with van der Waals surface area (Å²) in [4.78, 5) is 11.2. The van der Waals surface area contributed by atoms with Gasteiger partial charge in [-0.2, -0.15) is 10.4 Å². The Bertz CT molecular complexity index is 1250. The van der Waals surface area contributed by atoms with Gasteiger partial charge < -0.3 is 10.1 Å². The predicted molar refractivity (Wildman–Crippen MR) is 121 cm³/mol. The molecule has 1 saturated carbocycles. The first-order chi connectivity index (χ1) is 16.1. The Morgan fingerprint density at radius 3 is 2.73 bits per heavy atom. The second kappa shape index (κ2) is 8.20. The third-order valence-electron chi connectivity index (χ3n) is 6.85. The molecule has 2 atom stereocenters. The molecule has 3 aromatic rings. The number of benzene rings is 1. The molecule has 2 saturated heterocycles. The van der Waals surface area contributed by atoms with E-state index in [4.69, 9.17) is 16.3 Å². The summed E-state index contributed by atoms with van der Waals surface area (Å²) >= 11 is 6.45. The van der Waals surface area contributed by atoms with Gasteiger partial charge in [-0.15, -0.1) is 0 Å². The number of anilines is 2. The van der Waals surface area contributed by atoms with Crippen molar-refractivity contribution in [3.05, 3.63) is 40.8 Å². The summed E-state index contributed by atoms with van der Waals surface area (Å²) in [6.45, 7) is 2.50. The zero-order chi connectivity index (χ0) is 22.5. The molecule has 2 aliphatic heterocycles. The van der Waals surface area contributed by atoms with Crippen LogP contribution in [0.5, 0.6) is 0 Å². The lowest BCUT2D eigenvalue weighted by atomic mass is 9.84. The number of nitrogens with one attached hydrogen (secondary N) is 1. The van der Waals surface area contributed by atoms with Crippen LogP contribution in [0, 0.1) is 11.3 Å². The molecular formula is C23H23ClFN7O. The Morgan fingerprint density at radius 2 is 2.03 bits per heavy atom. The molecule has 3 aliphatic rings. The smallest absolute Gasteiger partial charge is 0.227 e. The summed E-state index contributed by atoms with van der Waals surface area (Å²) in [5.74, 6) is 0.0471. The fourth-order valence-electron chi connectivity index (χ4n) is 4.73. The van der Waals surface area contributed by atoms with Gasteiger partial charge >= 0.3 is 0 Å². The van der Waals surface area contributed by atoms with Crippen LogP contribution in [0.25, 0.3) is 10.9 Å². The average Bonchev–Trinajstić information content (AvgIpc) is 3.56. The molecule has 4 heterocycles. The number of halogens is 2. The van der Waals surface area contributed by atoms with Crippen LogP contribution in [0.4, 0.5) is 16.0 Å². The molecule has 1 aliphatic carbocycles. The molecule has 0 spiro atoms. The molecule has 33 heavy (non-hydrogen) atoms. The fraction of sp³-hybridized carbons (Fsp3) is 0.478. The number of rotatable bonds is 5. The van der Waals surface area contributed by atoms with Gasteiger partial charge in [-0.05, 0) is 43.5 Å². The molecule has 0 amide bonds. The predicted octanol–water partition coefficient (Wildman–Crippen LogP) is 3.96. The fourth-order valence-corrected chi connectivity index (χ4v) is 5.01. The van der Waals surface area contributed by atoms with Gasteiger partial charge in [0.2, 0.25) is 5.95 Å².